The van der Waals surface area contributed by atoms with Gasteiger partial charge in [-0.25, -0.2) is 4.39 Å². The molecule has 2 aromatic heterocycles. The Morgan fingerprint density at radius 1 is 1.05 bits per heavy atom. The number of rotatable bonds is 3. The Kier molecular flexibility index (Phi) is 3.39. The molecule has 0 aliphatic carbocycles. The van der Waals surface area contributed by atoms with E-state index in [0.29, 0.717) is 5.56 Å². The van der Waals surface area contributed by atoms with Crippen LogP contribution < -0.4 is 5.32 Å². The van der Waals surface area contributed by atoms with Crippen molar-refractivity contribution in [3.63, 3.8) is 0 Å². The molecule has 20 heavy (non-hydrogen) atoms. The maximum absolute atomic E-state index is 14.0. The van der Waals surface area contributed by atoms with E-state index >= 15 is 0 Å². The quantitative estimate of drug-likeness (QED) is 0.792. The molecular formula is C16H14FN3. The first-order valence-corrected chi connectivity index (χ1v) is 6.41. The molecule has 0 aliphatic heterocycles. The van der Waals surface area contributed by atoms with Gasteiger partial charge in [0, 0.05) is 23.3 Å². The highest BCUT2D eigenvalue weighted by molar-refractivity contribution is 5.82. The smallest absolute Gasteiger partial charge is 0.146 e. The van der Waals surface area contributed by atoms with Crippen LogP contribution in [-0.2, 0) is 0 Å². The van der Waals surface area contributed by atoms with Crippen LogP contribution in [0.2, 0.25) is 0 Å². The molecule has 3 nitrogen and oxygen atoms in total. The van der Waals surface area contributed by atoms with Gasteiger partial charge >= 0.3 is 0 Å². The third-order valence-corrected chi connectivity index (χ3v) is 3.38. The molecule has 1 aromatic carbocycles. The van der Waals surface area contributed by atoms with Gasteiger partial charge < -0.3 is 5.32 Å². The van der Waals surface area contributed by atoms with E-state index in [1.54, 1.807) is 18.5 Å². The largest absolute Gasteiger partial charge is 0.309 e. The fourth-order valence-electron chi connectivity index (χ4n) is 2.46. The Morgan fingerprint density at radius 3 is 2.70 bits per heavy atom. The van der Waals surface area contributed by atoms with Crippen LogP contribution in [0.25, 0.3) is 10.9 Å². The third-order valence-electron chi connectivity index (χ3n) is 3.38. The third kappa shape index (κ3) is 2.14. The minimum Gasteiger partial charge on any atom is -0.309 e. The first-order valence-electron chi connectivity index (χ1n) is 6.41. The molecule has 4 heteroatoms. The van der Waals surface area contributed by atoms with Crippen molar-refractivity contribution in [1.82, 2.24) is 15.3 Å². The van der Waals surface area contributed by atoms with Gasteiger partial charge in [-0.2, -0.15) is 0 Å². The predicted molar refractivity (Wildman–Crippen MR) is 76.8 cm³/mol. The first kappa shape index (κ1) is 12.7. The highest BCUT2D eigenvalue weighted by Gasteiger charge is 2.18. The summed E-state index contributed by atoms with van der Waals surface area (Å²) in [6.07, 6.45) is 4.58. The highest BCUT2D eigenvalue weighted by atomic mass is 19.1. The van der Waals surface area contributed by atoms with Crippen LogP contribution in [0, 0.1) is 5.82 Å². The molecule has 3 aromatic rings. The van der Waals surface area contributed by atoms with E-state index in [9.17, 15) is 4.39 Å². The Balaban J connectivity index is 2.20. The lowest BCUT2D eigenvalue weighted by Crippen LogP contribution is -2.19. The van der Waals surface area contributed by atoms with E-state index in [1.807, 2.05) is 37.4 Å². The number of benzene rings is 1. The van der Waals surface area contributed by atoms with Gasteiger partial charge in [0.15, 0.2) is 0 Å². The van der Waals surface area contributed by atoms with Gasteiger partial charge in [-0.15, -0.1) is 0 Å². The Hall–Kier alpha value is -2.33. The molecule has 0 spiro atoms. The monoisotopic (exact) mass is 267 g/mol. The summed E-state index contributed by atoms with van der Waals surface area (Å²) in [6, 6.07) is 11.3. The average Bonchev–Trinajstić information content (AvgIpc) is 2.50. The molecular weight excluding hydrogens is 253 g/mol. The maximum Gasteiger partial charge on any atom is 0.146 e. The van der Waals surface area contributed by atoms with Crippen molar-refractivity contribution in [1.29, 1.82) is 0 Å². The summed E-state index contributed by atoms with van der Waals surface area (Å²) in [5.41, 5.74) is 2.40. The van der Waals surface area contributed by atoms with Crippen LogP contribution in [0.4, 0.5) is 4.39 Å². The summed E-state index contributed by atoms with van der Waals surface area (Å²) in [4.78, 5) is 8.23. The van der Waals surface area contributed by atoms with Crippen molar-refractivity contribution in [3.8, 4) is 0 Å². The molecule has 0 radical (unpaired) electrons. The lowest BCUT2D eigenvalue weighted by molar-refractivity contribution is 0.572. The molecule has 0 amide bonds. The standard InChI is InChI=1S/C16H14FN3/c1-18-16(12-7-9-19-10-14(12)17)13-6-2-4-11-5-3-8-20-15(11)13/h2-10,16,18H,1H3. The second-order valence-electron chi connectivity index (χ2n) is 4.54. The minimum absolute atomic E-state index is 0.253. The number of nitrogens with one attached hydrogen (secondary N) is 1. The van der Waals surface area contributed by atoms with Crippen LogP contribution in [0.5, 0.6) is 0 Å². The van der Waals surface area contributed by atoms with Gasteiger partial charge in [0.05, 0.1) is 17.8 Å². The molecule has 100 valence electrons. The van der Waals surface area contributed by atoms with Crippen molar-refractivity contribution in [2.45, 2.75) is 6.04 Å². The molecule has 1 atom stereocenters. The molecule has 1 N–H and O–H groups in total. The van der Waals surface area contributed by atoms with Gasteiger partial charge in [-0.05, 0) is 24.7 Å². The van der Waals surface area contributed by atoms with Crippen LogP contribution in [0.3, 0.4) is 0 Å². The fourth-order valence-corrected chi connectivity index (χ4v) is 2.46. The number of hydrogen-bond donors (Lipinski definition) is 1. The van der Waals surface area contributed by atoms with Crippen molar-refractivity contribution >= 4 is 10.9 Å². The lowest BCUT2D eigenvalue weighted by atomic mass is 9.97. The van der Waals surface area contributed by atoms with Crippen molar-refractivity contribution in [3.05, 3.63) is 71.9 Å². The number of nitrogens with zero attached hydrogens (tertiary/aromatic N) is 2. The molecule has 0 saturated carbocycles. The van der Waals surface area contributed by atoms with Gasteiger partial charge in [0.1, 0.15) is 5.82 Å². The lowest BCUT2D eigenvalue weighted by Gasteiger charge is -2.19. The Bertz CT molecular complexity index is 737. The summed E-state index contributed by atoms with van der Waals surface area (Å²) < 4.78 is 14.0. The molecule has 0 saturated heterocycles. The number of pyridine rings is 2. The van der Waals surface area contributed by atoms with Crippen LogP contribution in [0.15, 0.2) is 55.0 Å². The SMILES string of the molecule is CNC(c1ccncc1F)c1cccc2cccnc12. The Morgan fingerprint density at radius 2 is 1.90 bits per heavy atom. The number of aromatic nitrogens is 2. The van der Waals surface area contributed by atoms with E-state index in [4.69, 9.17) is 0 Å². The number of hydrogen-bond acceptors (Lipinski definition) is 3. The van der Waals surface area contributed by atoms with Crippen LogP contribution >= 0.6 is 0 Å². The second kappa shape index (κ2) is 5.35. The summed E-state index contributed by atoms with van der Waals surface area (Å²) in [5, 5.41) is 4.20. The second-order valence-corrected chi connectivity index (χ2v) is 4.54. The summed E-state index contributed by atoms with van der Waals surface area (Å²) in [7, 11) is 1.81. The zero-order valence-electron chi connectivity index (χ0n) is 11.0. The van der Waals surface area contributed by atoms with Crippen molar-refractivity contribution in [2.75, 3.05) is 7.05 Å². The Labute approximate surface area is 116 Å². The number of halogens is 1. The summed E-state index contributed by atoms with van der Waals surface area (Å²) in [5.74, 6) is -0.320. The van der Waals surface area contributed by atoms with E-state index in [0.717, 1.165) is 16.5 Å². The highest BCUT2D eigenvalue weighted by Crippen LogP contribution is 2.28. The zero-order chi connectivity index (χ0) is 13.9. The average molecular weight is 267 g/mol. The molecule has 0 bridgehead atoms. The van der Waals surface area contributed by atoms with Gasteiger partial charge in [0.25, 0.3) is 0 Å². The van der Waals surface area contributed by atoms with Crippen LogP contribution in [-0.4, -0.2) is 17.0 Å². The molecule has 0 fully saturated rings. The van der Waals surface area contributed by atoms with Gasteiger partial charge in [-0.3, -0.25) is 9.97 Å². The molecule has 1 unspecified atom stereocenters. The number of fused-ring (bicyclic) bond motifs is 1. The number of para-hydroxylation sites is 1. The minimum atomic E-state index is -0.320. The van der Waals surface area contributed by atoms with E-state index in [1.165, 1.54) is 6.20 Å². The van der Waals surface area contributed by atoms with Crippen molar-refractivity contribution < 1.29 is 4.39 Å². The van der Waals surface area contributed by atoms with Gasteiger partial charge in [-0.1, -0.05) is 24.3 Å². The van der Waals surface area contributed by atoms with Crippen molar-refractivity contribution in [2.24, 2.45) is 0 Å². The van der Waals surface area contributed by atoms with Crippen LogP contribution in [0.1, 0.15) is 17.2 Å². The first-order chi connectivity index (χ1) is 9.81. The normalized spacial score (nSPS) is 12.5. The zero-order valence-corrected chi connectivity index (χ0v) is 11.0. The van der Waals surface area contributed by atoms with Gasteiger partial charge in [0.2, 0.25) is 0 Å². The molecule has 0 aliphatic rings. The topological polar surface area (TPSA) is 37.8 Å². The summed E-state index contributed by atoms with van der Waals surface area (Å²) >= 11 is 0. The molecule has 2 heterocycles. The fraction of sp³-hybridized carbons (Fsp3) is 0.125. The maximum atomic E-state index is 14.0. The molecule has 3 rings (SSSR count). The van der Waals surface area contributed by atoms with E-state index in [-0.39, 0.29) is 11.9 Å². The van der Waals surface area contributed by atoms with E-state index < -0.39 is 0 Å². The predicted octanol–water partition coefficient (Wildman–Crippen LogP) is 3.08. The summed E-state index contributed by atoms with van der Waals surface area (Å²) in [6.45, 7) is 0. The van der Waals surface area contributed by atoms with E-state index in [2.05, 4.69) is 15.3 Å².